The van der Waals surface area contributed by atoms with E-state index >= 15 is 0 Å². The third kappa shape index (κ3) is 3.22. The maximum absolute atomic E-state index is 3.05. The molecule has 0 bridgehead atoms. The van der Waals surface area contributed by atoms with Gasteiger partial charge in [-0.2, -0.15) is 0 Å². The van der Waals surface area contributed by atoms with Crippen LogP contribution in [-0.4, -0.2) is 5.92 Å². The molecule has 2 aliphatic carbocycles. The summed E-state index contributed by atoms with van der Waals surface area (Å²) in [6.45, 7) is 19.3. The molecule has 0 aromatic heterocycles. The zero-order valence-corrected chi connectivity index (χ0v) is 22.7. The van der Waals surface area contributed by atoms with Crippen molar-refractivity contribution in [1.82, 2.24) is 0 Å². The number of hydrogen-bond acceptors (Lipinski definition) is 0. The monoisotopic (exact) mass is 447 g/mol. The molecule has 0 unspecified atom stereocenters. The van der Waals surface area contributed by atoms with Gasteiger partial charge in [0.1, 0.15) is 0 Å². The van der Waals surface area contributed by atoms with E-state index in [4.69, 9.17) is 0 Å². The van der Waals surface area contributed by atoms with Gasteiger partial charge in [0, 0.05) is 0 Å². The quantitative estimate of drug-likeness (QED) is 0.386. The molecule has 0 aromatic rings. The van der Waals surface area contributed by atoms with Crippen LogP contribution in [0.15, 0.2) is 41.0 Å². The molecule has 0 nitrogen and oxygen atoms in total. The van der Waals surface area contributed by atoms with Crippen LogP contribution in [0.2, 0.25) is 21.4 Å². The Kier molecular flexibility index (Phi) is 4.82. The van der Waals surface area contributed by atoms with E-state index in [2.05, 4.69) is 76.8 Å². The van der Waals surface area contributed by atoms with E-state index in [9.17, 15) is 0 Å². The minimum atomic E-state index is -3.05. The van der Waals surface area contributed by atoms with Crippen LogP contribution in [0.5, 0.6) is 0 Å². The van der Waals surface area contributed by atoms with Crippen LogP contribution >= 0.6 is 0 Å². The first-order valence-corrected chi connectivity index (χ1v) is 24.5. The fraction of sp³-hybridized carbons (Fsp3) is 0.667. The fourth-order valence-electron chi connectivity index (χ4n) is 5.80. The Morgan fingerprint density at radius 1 is 0.731 bits per heavy atom. The Balaban J connectivity index is 2.06. The Morgan fingerprint density at radius 2 is 1.08 bits per heavy atom. The van der Waals surface area contributed by atoms with Gasteiger partial charge in [0.2, 0.25) is 0 Å². The summed E-state index contributed by atoms with van der Waals surface area (Å²) in [7, 11) is 0. The van der Waals surface area contributed by atoms with Gasteiger partial charge in [-0.3, -0.25) is 0 Å². The molecular formula is C24H41SiZr. The molecule has 0 spiro atoms. The van der Waals surface area contributed by atoms with E-state index in [1.165, 1.54) is 12.8 Å². The summed E-state index contributed by atoms with van der Waals surface area (Å²) in [4.78, 5) is 0. The van der Waals surface area contributed by atoms with E-state index < -0.39 is 23.9 Å². The van der Waals surface area contributed by atoms with E-state index in [1.54, 1.807) is 34.4 Å². The minimum absolute atomic E-state index is 0.311. The van der Waals surface area contributed by atoms with E-state index in [1.807, 2.05) is 6.56 Å². The van der Waals surface area contributed by atoms with Gasteiger partial charge in [0.15, 0.2) is 0 Å². The third-order valence-corrected chi connectivity index (χ3v) is 50.0. The van der Waals surface area contributed by atoms with Gasteiger partial charge in [-0.1, -0.05) is 0 Å². The summed E-state index contributed by atoms with van der Waals surface area (Å²) < 4.78 is 9.68. The molecule has 1 fully saturated rings. The zero-order chi connectivity index (χ0) is 19.7. The number of allylic oxidation sites excluding steroid dienone is 8. The first-order valence-electron chi connectivity index (χ1n) is 10.7. The van der Waals surface area contributed by atoms with Crippen LogP contribution in [0.1, 0.15) is 68.2 Å². The van der Waals surface area contributed by atoms with Gasteiger partial charge >= 0.3 is 165 Å². The average molecular weight is 449 g/mol. The standard InChI is InChI=1S/2C10H15.C2H5Si.2CH3.Zr/c2*1-8-5-6-9(7-8)10(2,3)4;1-2-3-1;;;/h2*7H,6H2,1-4H3;3H,1-2H2;2*1H3;. The normalized spacial score (nSPS) is 24.0. The summed E-state index contributed by atoms with van der Waals surface area (Å²) in [5, 5.41) is 0. The molecule has 1 saturated heterocycles. The van der Waals surface area contributed by atoms with Gasteiger partial charge in [-0.15, -0.1) is 0 Å². The van der Waals surface area contributed by atoms with Crippen LogP contribution in [0.4, 0.5) is 0 Å². The number of hydrogen-bond donors (Lipinski definition) is 0. The maximum atomic E-state index is 2.86. The van der Waals surface area contributed by atoms with Gasteiger partial charge in [-0.25, -0.2) is 0 Å². The molecule has 0 radical (unpaired) electrons. The van der Waals surface area contributed by atoms with Crippen molar-refractivity contribution in [3.05, 3.63) is 41.0 Å². The van der Waals surface area contributed by atoms with Crippen molar-refractivity contribution >= 4 is 5.92 Å². The predicted octanol–water partition coefficient (Wildman–Crippen LogP) is 7.81. The van der Waals surface area contributed by atoms with E-state index in [0.717, 1.165) is 0 Å². The molecule has 145 valence electrons. The van der Waals surface area contributed by atoms with Gasteiger partial charge < -0.3 is 0 Å². The molecule has 0 N–H and O–H groups in total. The van der Waals surface area contributed by atoms with Crippen LogP contribution in [0.25, 0.3) is 0 Å². The van der Waals surface area contributed by atoms with E-state index in [0.29, 0.717) is 10.8 Å². The Hall–Kier alpha value is 0.0600. The molecular weight excluding hydrogens is 408 g/mol. The summed E-state index contributed by atoms with van der Waals surface area (Å²) in [5.74, 6) is -0.584. The third-order valence-electron chi connectivity index (χ3n) is 8.05. The van der Waals surface area contributed by atoms with Crippen molar-refractivity contribution in [2.75, 3.05) is 0 Å². The fourth-order valence-corrected chi connectivity index (χ4v) is 47.6. The summed E-state index contributed by atoms with van der Waals surface area (Å²) in [6.07, 6.45) is 7.74. The second-order valence-electron chi connectivity index (χ2n) is 12.3. The molecule has 3 rings (SSSR count). The van der Waals surface area contributed by atoms with Crippen molar-refractivity contribution in [2.24, 2.45) is 10.8 Å². The van der Waals surface area contributed by atoms with Crippen LogP contribution in [0.3, 0.4) is 0 Å². The molecule has 0 saturated carbocycles. The molecule has 0 amide bonds. The first-order chi connectivity index (χ1) is 11.7. The second-order valence-corrected chi connectivity index (χ2v) is 46.3. The summed E-state index contributed by atoms with van der Waals surface area (Å²) in [5.41, 5.74) is 7.31. The molecule has 1 aliphatic heterocycles. The summed E-state index contributed by atoms with van der Waals surface area (Å²) in [6, 6.07) is 3.23. The molecule has 0 atom stereocenters. The predicted molar refractivity (Wildman–Crippen MR) is 118 cm³/mol. The molecule has 26 heavy (non-hydrogen) atoms. The van der Waals surface area contributed by atoms with Crippen molar-refractivity contribution in [1.29, 1.82) is 0 Å². The summed E-state index contributed by atoms with van der Waals surface area (Å²) >= 11 is -3.05. The molecule has 2 heteroatoms. The second kappa shape index (κ2) is 6.03. The topological polar surface area (TPSA) is 0 Å². The zero-order valence-electron chi connectivity index (χ0n) is 19.1. The Labute approximate surface area is 164 Å². The average Bonchev–Trinajstić information content (AvgIpc) is 3.13. The van der Waals surface area contributed by atoms with Gasteiger partial charge in [-0.05, 0) is 0 Å². The molecule has 1 heterocycles. The molecule has 0 aromatic carbocycles. The van der Waals surface area contributed by atoms with Crippen LogP contribution in [-0.2, 0) is 17.9 Å². The number of rotatable bonds is 3. The van der Waals surface area contributed by atoms with E-state index in [-0.39, 0.29) is 0 Å². The Bertz CT molecular complexity index is 710. The van der Waals surface area contributed by atoms with Crippen LogP contribution in [0, 0.1) is 10.8 Å². The van der Waals surface area contributed by atoms with Crippen molar-refractivity contribution in [3.63, 3.8) is 0 Å². The van der Waals surface area contributed by atoms with Gasteiger partial charge in [0.25, 0.3) is 0 Å². The molecule has 3 aliphatic rings. The van der Waals surface area contributed by atoms with Gasteiger partial charge in [0.05, 0.1) is 0 Å². The Morgan fingerprint density at radius 3 is 1.31 bits per heavy atom. The van der Waals surface area contributed by atoms with Crippen molar-refractivity contribution in [3.8, 4) is 0 Å². The SMILES string of the molecule is CC1=[C]([Zr]([CH3])([CH3])([C]2=C(C)C=C(C(C)(C)C)C2)[SiH]2CC2)CC(C(C)(C)C)=C1. The van der Waals surface area contributed by atoms with Crippen molar-refractivity contribution < 1.29 is 17.9 Å². The van der Waals surface area contributed by atoms with Crippen molar-refractivity contribution in [2.45, 2.75) is 89.6 Å². The van der Waals surface area contributed by atoms with Crippen LogP contribution < -0.4 is 0 Å². The first kappa shape index (κ1) is 20.8.